The minimum Gasteiger partial charge on any atom is -0.497 e. The maximum absolute atomic E-state index is 9.55. The molecule has 0 amide bonds. The normalized spacial score (nSPS) is 10.3. The number of anilines is 1. The Labute approximate surface area is 147 Å². The molecule has 3 rings (SSSR count). The summed E-state index contributed by atoms with van der Waals surface area (Å²) in [5.74, 6) is 1.02. The van der Waals surface area contributed by atoms with Gasteiger partial charge in [0.2, 0.25) is 0 Å². The lowest BCUT2D eigenvalue weighted by Gasteiger charge is -2.13. The first-order valence-electron chi connectivity index (χ1n) is 7.96. The number of rotatable bonds is 3. The molecule has 3 aromatic rings. The van der Waals surface area contributed by atoms with Crippen LogP contribution in [0.15, 0.2) is 48.5 Å². The third-order valence-corrected chi connectivity index (χ3v) is 4.22. The average Bonchev–Trinajstić information content (AvgIpc) is 2.61. The molecule has 0 aliphatic heterocycles. The first kappa shape index (κ1) is 16.5. The Balaban J connectivity index is 2.20. The van der Waals surface area contributed by atoms with Gasteiger partial charge in [0.15, 0.2) is 0 Å². The van der Waals surface area contributed by atoms with Crippen LogP contribution in [0, 0.1) is 25.2 Å². The molecule has 0 atom stereocenters. The van der Waals surface area contributed by atoms with Crippen molar-refractivity contribution < 1.29 is 4.74 Å². The number of methoxy groups -OCH3 is 1. The third-order valence-electron chi connectivity index (χ3n) is 4.22. The molecule has 0 unspecified atom stereocenters. The van der Waals surface area contributed by atoms with Crippen LogP contribution in [0.1, 0.15) is 16.7 Å². The van der Waals surface area contributed by atoms with Gasteiger partial charge in [0.1, 0.15) is 23.2 Å². The van der Waals surface area contributed by atoms with Gasteiger partial charge < -0.3 is 10.5 Å². The molecule has 4 heteroatoms. The Morgan fingerprint density at radius 1 is 1.00 bits per heavy atom. The lowest BCUT2D eigenvalue weighted by molar-refractivity contribution is 0.415. The maximum Gasteiger partial charge on any atom is 0.142 e. The predicted molar refractivity (Wildman–Crippen MR) is 100 cm³/mol. The lowest BCUT2D eigenvalue weighted by atomic mass is 9.94. The van der Waals surface area contributed by atoms with E-state index in [1.807, 2.05) is 56.3 Å². The topological polar surface area (TPSA) is 71.9 Å². The van der Waals surface area contributed by atoms with Crippen molar-refractivity contribution in [2.24, 2.45) is 0 Å². The summed E-state index contributed by atoms with van der Waals surface area (Å²) in [7, 11) is 1.63. The second-order valence-electron chi connectivity index (χ2n) is 5.97. The van der Waals surface area contributed by atoms with E-state index in [9.17, 15) is 5.26 Å². The zero-order chi connectivity index (χ0) is 18.0. The number of nitrogen functional groups attached to an aromatic ring is 1. The molecular formula is C21H19N3O. The van der Waals surface area contributed by atoms with Crippen molar-refractivity contribution in [2.45, 2.75) is 13.8 Å². The number of pyridine rings is 1. The highest BCUT2D eigenvalue weighted by Gasteiger charge is 2.15. The molecule has 2 N–H and O–H groups in total. The number of nitrogens with two attached hydrogens (primary N) is 1. The molecule has 25 heavy (non-hydrogen) atoms. The average molecular weight is 329 g/mol. The molecular weight excluding hydrogens is 310 g/mol. The van der Waals surface area contributed by atoms with E-state index < -0.39 is 0 Å². The number of nitriles is 1. The van der Waals surface area contributed by atoms with Crippen LogP contribution in [0.3, 0.4) is 0 Å². The highest BCUT2D eigenvalue weighted by molar-refractivity contribution is 5.81. The summed E-state index contributed by atoms with van der Waals surface area (Å²) in [6.45, 7) is 4.08. The Morgan fingerprint density at radius 2 is 1.72 bits per heavy atom. The van der Waals surface area contributed by atoms with Crippen molar-refractivity contribution in [3.8, 4) is 34.2 Å². The molecule has 124 valence electrons. The molecule has 0 fully saturated rings. The van der Waals surface area contributed by atoms with Crippen molar-refractivity contribution in [3.05, 3.63) is 65.2 Å². The Hall–Kier alpha value is -3.32. The first-order valence-corrected chi connectivity index (χ1v) is 7.96. The molecule has 1 aromatic heterocycles. The van der Waals surface area contributed by atoms with Crippen LogP contribution >= 0.6 is 0 Å². The third kappa shape index (κ3) is 3.17. The summed E-state index contributed by atoms with van der Waals surface area (Å²) in [6, 6.07) is 17.9. The summed E-state index contributed by atoms with van der Waals surface area (Å²) in [5, 5.41) is 9.55. The Bertz CT molecular complexity index is 970. The van der Waals surface area contributed by atoms with Crippen LogP contribution < -0.4 is 10.5 Å². The highest BCUT2D eigenvalue weighted by atomic mass is 16.5. The fourth-order valence-electron chi connectivity index (χ4n) is 2.92. The lowest BCUT2D eigenvalue weighted by Crippen LogP contribution is -2.00. The fourth-order valence-corrected chi connectivity index (χ4v) is 2.92. The van der Waals surface area contributed by atoms with Crippen LogP contribution in [-0.2, 0) is 0 Å². The monoisotopic (exact) mass is 329 g/mol. The summed E-state index contributed by atoms with van der Waals surface area (Å²) in [6.07, 6.45) is 0. The second-order valence-corrected chi connectivity index (χ2v) is 5.97. The Morgan fingerprint density at radius 3 is 2.32 bits per heavy atom. The minimum absolute atomic E-state index is 0.241. The van der Waals surface area contributed by atoms with Gasteiger partial charge in [-0.25, -0.2) is 4.98 Å². The van der Waals surface area contributed by atoms with E-state index in [1.54, 1.807) is 7.11 Å². The summed E-state index contributed by atoms with van der Waals surface area (Å²) < 4.78 is 5.20. The highest BCUT2D eigenvalue weighted by Crippen LogP contribution is 2.33. The van der Waals surface area contributed by atoms with Gasteiger partial charge >= 0.3 is 0 Å². The van der Waals surface area contributed by atoms with Crippen molar-refractivity contribution >= 4 is 5.82 Å². The maximum atomic E-state index is 9.55. The van der Waals surface area contributed by atoms with Crippen molar-refractivity contribution in [2.75, 3.05) is 12.8 Å². The molecule has 0 saturated carbocycles. The first-order chi connectivity index (χ1) is 12.0. The van der Waals surface area contributed by atoms with E-state index in [1.165, 1.54) is 5.56 Å². The molecule has 0 spiro atoms. The summed E-state index contributed by atoms with van der Waals surface area (Å²) >= 11 is 0. The van der Waals surface area contributed by atoms with Gasteiger partial charge in [0, 0.05) is 11.1 Å². The van der Waals surface area contributed by atoms with Crippen molar-refractivity contribution in [1.29, 1.82) is 5.26 Å². The van der Waals surface area contributed by atoms with Gasteiger partial charge in [-0.15, -0.1) is 0 Å². The van der Waals surface area contributed by atoms with E-state index in [-0.39, 0.29) is 5.82 Å². The number of aromatic nitrogens is 1. The zero-order valence-electron chi connectivity index (χ0n) is 14.5. The van der Waals surface area contributed by atoms with E-state index >= 15 is 0 Å². The molecule has 0 radical (unpaired) electrons. The van der Waals surface area contributed by atoms with Gasteiger partial charge in [-0.05, 0) is 55.3 Å². The predicted octanol–water partition coefficient (Wildman–Crippen LogP) is 4.49. The quantitative estimate of drug-likeness (QED) is 0.768. The molecule has 4 nitrogen and oxygen atoms in total. The van der Waals surface area contributed by atoms with Gasteiger partial charge in [-0.1, -0.05) is 23.8 Å². The largest absolute Gasteiger partial charge is 0.497 e. The zero-order valence-corrected chi connectivity index (χ0v) is 14.5. The van der Waals surface area contributed by atoms with Crippen molar-refractivity contribution in [3.63, 3.8) is 0 Å². The molecule has 0 aliphatic rings. The van der Waals surface area contributed by atoms with E-state index in [0.717, 1.165) is 33.7 Å². The smallest absolute Gasteiger partial charge is 0.142 e. The van der Waals surface area contributed by atoms with Crippen LogP contribution in [0.2, 0.25) is 0 Å². The molecule has 1 heterocycles. The summed E-state index contributed by atoms with van der Waals surface area (Å²) in [4.78, 5) is 4.42. The number of nitrogens with zero attached hydrogens (tertiary/aromatic N) is 2. The van der Waals surface area contributed by atoms with Gasteiger partial charge in [-0.2, -0.15) is 5.26 Å². The number of hydrogen-bond acceptors (Lipinski definition) is 4. The van der Waals surface area contributed by atoms with E-state index in [2.05, 4.69) is 17.1 Å². The van der Waals surface area contributed by atoms with Crippen molar-refractivity contribution in [1.82, 2.24) is 4.98 Å². The second kappa shape index (κ2) is 6.66. The summed E-state index contributed by atoms with van der Waals surface area (Å²) in [5.41, 5.74) is 12.2. The SMILES string of the molecule is COc1ccc(-c2cc(-c3ccc(C)cc3C)c(C#N)c(N)n2)cc1. The van der Waals surface area contributed by atoms with Crippen LogP contribution in [-0.4, -0.2) is 12.1 Å². The van der Waals surface area contributed by atoms with Crippen LogP contribution in [0.5, 0.6) is 5.75 Å². The van der Waals surface area contributed by atoms with E-state index in [0.29, 0.717) is 5.56 Å². The van der Waals surface area contributed by atoms with Gasteiger partial charge in [0.05, 0.1) is 12.8 Å². The fraction of sp³-hybridized carbons (Fsp3) is 0.143. The number of benzene rings is 2. The number of hydrogen-bond donors (Lipinski definition) is 1. The van der Waals surface area contributed by atoms with E-state index in [4.69, 9.17) is 10.5 Å². The molecule has 0 bridgehead atoms. The van der Waals surface area contributed by atoms with Gasteiger partial charge in [0.25, 0.3) is 0 Å². The van der Waals surface area contributed by atoms with Crippen LogP contribution in [0.25, 0.3) is 22.4 Å². The standard InChI is InChI=1S/C21H19N3O/c1-13-4-9-17(14(2)10-13)18-11-20(24-21(23)19(18)12-22)15-5-7-16(25-3)8-6-15/h4-11H,1-3H3,(H2,23,24). The van der Waals surface area contributed by atoms with Crippen LogP contribution in [0.4, 0.5) is 5.82 Å². The van der Waals surface area contributed by atoms with Gasteiger partial charge in [-0.3, -0.25) is 0 Å². The Kier molecular flexibility index (Phi) is 4.40. The number of ether oxygens (including phenoxy) is 1. The molecule has 0 saturated heterocycles. The molecule has 2 aromatic carbocycles. The molecule has 0 aliphatic carbocycles. The number of aryl methyl sites for hydroxylation is 2. The minimum atomic E-state index is 0.241.